The first kappa shape index (κ1) is 14.2. The number of ether oxygens (including phenoxy) is 1. The maximum absolute atomic E-state index is 9.64. The first-order valence-electron chi connectivity index (χ1n) is 6.93. The van der Waals surface area contributed by atoms with E-state index in [4.69, 9.17) is 4.74 Å². The Morgan fingerprint density at radius 1 is 1.05 bits per heavy atom. The van der Waals surface area contributed by atoms with Crippen LogP contribution in [0.2, 0.25) is 0 Å². The molecule has 1 saturated heterocycles. The third-order valence-corrected chi connectivity index (χ3v) is 4.03. The number of aliphatic hydroxyl groups is 1. The highest BCUT2D eigenvalue weighted by Gasteiger charge is 2.23. The van der Waals surface area contributed by atoms with Crippen molar-refractivity contribution in [3.8, 4) is 5.75 Å². The van der Waals surface area contributed by atoms with Crippen molar-refractivity contribution in [3.05, 3.63) is 24.3 Å². The summed E-state index contributed by atoms with van der Waals surface area (Å²) in [5, 5.41) is 9.64. The molecule has 0 saturated carbocycles. The summed E-state index contributed by atoms with van der Waals surface area (Å²) in [4.78, 5) is 4.73. The van der Waals surface area contributed by atoms with Gasteiger partial charge in [-0.2, -0.15) is 0 Å². The van der Waals surface area contributed by atoms with Crippen LogP contribution in [-0.2, 0) is 0 Å². The molecule has 0 radical (unpaired) electrons. The Morgan fingerprint density at radius 2 is 1.63 bits per heavy atom. The summed E-state index contributed by atoms with van der Waals surface area (Å²) in [5.74, 6) is 0.894. The van der Waals surface area contributed by atoms with E-state index in [0.717, 1.165) is 31.9 Å². The molecular formula is C15H24N2O2. The smallest absolute Gasteiger partial charge is 0.119 e. The lowest BCUT2D eigenvalue weighted by atomic mass is 10.1. The van der Waals surface area contributed by atoms with Gasteiger partial charge in [-0.05, 0) is 38.1 Å². The molecule has 0 aromatic heterocycles. The zero-order valence-electron chi connectivity index (χ0n) is 12.0. The first-order valence-corrected chi connectivity index (χ1v) is 6.93. The number of hydrogen-bond donors (Lipinski definition) is 1. The molecule has 1 heterocycles. The van der Waals surface area contributed by atoms with E-state index in [1.165, 1.54) is 5.69 Å². The number of aliphatic hydroxyl groups excluding tert-OH is 1. The van der Waals surface area contributed by atoms with Crippen molar-refractivity contribution in [1.82, 2.24) is 4.90 Å². The van der Waals surface area contributed by atoms with Gasteiger partial charge in [0.1, 0.15) is 5.75 Å². The summed E-state index contributed by atoms with van der Waals surface area (Å²) in [5.41, 5.74) is 1.24. The Hall–Kier alpha value is -1.26. The minimum Gasteiger partial charge on any atom is -0.497 e. The molecule has 1 aromatic rings. The zero-order chi connectivity index (χ0) is 13.8. The lowest BCUT2D eigenvalue weighted by molar-refractivity contribution is 0.0672. The van der Waals surface area contributed by atoms with Gasteiger partial charge in [-0.1, -0.05) is 0 Å². The van der Waals surface area contributed by atoms with Crippen LogP contribution in [0.15, 0.2) is 24.3 Å². The topological polar surface area (TPSA) is 35.9 Å². The van der Waals surface area contributed by atoms with E-state index in [1.54, 1.807) is 7.11 Å². The van der Waals surface area contributed by atoms with Gasteiger partial charge < -0.3 is 14.7 Å². The number of piperazine rings is 1. The highest BCUT2D eigenvalue weighted by molar-refractivity contribution is 5.49. The Morgan fingerprint density at radius 3 is 2.11 bits per heavy atom. The SMILES string of the molecule is COc1ccc(N2CCN(C(C)C(C)O)CC2)cc1. The average Bonchev–Trinajstić information content (AvgIpc) is 2.46. The highest BCUT2D eigenvalue weighted by atomic mass is 16.5. The lowest BCUT2D eigenvalue weighted by Gasteiger charge is -2.40. The van der Waals surface area contributed by atoms with E-state index in [-0.39, 0.29) is 12.1 Å². The van der Waals surface area contributed by atoms with Crippen LogP contribution in [0.3, 0.4) is 0 Å². The van der Waals surface area contributed by atoms with Gasteiger partial charge in [0.15, 0.2) is 0 Å². The fourth-order valence-corrected chi connectivity index (χ4v) is 2.49. The molecule has 1 fully saturated rings. The van der Waals surface area contributed by atoms with Crippen molar-refractivity contribution in [2.45, 2.75) is 26.0 Å². The number of hydrogen-bond acceptors (Lipinski definition) is 4. The van der Waals surface area contributed by atoms with Crippen LogP contribution in [0.4, 0.5) is 5.69 Å². The predicted octanol–water partition coefficient (Wildman–Crippen LogP) is 1.59. The molecule has 2 atom stereocenters. The van der Waals surface area contributed by atoms with Crippen LogP contribution < -0.4 is 9.64 Å². The lowest BCUT2D eigenvalue weighted by Crippen LogP contribution is -2.52. The van der Waals surface area contributed by atoms with Gasteiger partial charge in [-0.15, -0.1) is 0 Å². The number of benzene rings is 1. The van der Waals surface area contributed by atoms with E-state index < -0.39 is 0 Å². The fourth-order valence-electron chi connectivity index (χ4n) is 2.49. The van der Waals surface area contributed by atoms with E-state index in [1.807, 2.05) is 19.1 Å². The molecule has 4 heteroatoms. The number of rotatable bonds is 4. The molecule has 1 aromatic carbocycles. The first-order chi connectivity index (χ1) is 9.11. The molecule has 1 aliphatic rings. The van der Waals surface area contributed by atoms with E-state index >= 15 is 0 Å². The second-order valence-electron chi connectivity index (χ2n) is 5.20. The van der Waals surface area contributed by atoms with Gasteiger partial charge in [-0.25, -0.2) is 0 Å². The maximum Gasteiger partial charge on any atom is 0.119 e. The van der Waals surface area contributed by atoms with Crippen molar-refractivity contribution < 1.29 is 9.84 Å². The van der Waals surface area contributed by atoms with Crippen molar-refractivity contribution in [2.75, 3.05) is 38.2 Å². The minimum absolute atomic E-state index is 0.234. The van der Waals surface area contributed by atoms with Crippen LogP contribution in [0, 0.1) is 0 Å². The molecule has 1 aliphatic heterocycles. The fraction of sp³-hybridized carbons (Fsp3) is 0.600. The quantitative estimate of drug-likeness (QED) is 0.896. The Bertz CT molecular complexity index is 384. The summed E-state index contributed by atoms with van der Waals surface area (Å²) in [7, 11) is 1.69. The molecular weight excluding hydrogens is 240 g/mol. The molecule has 2 rings (SSSR count). The zero-order valence-corrected chi connectivity index (χ0v) is 12.0. The molecule has 0 bridgehead atoms. The molecule has 1 N–H and O–H groups in total. The Labute approximate surface area is 115 Å². The predicted molar refractivity (Wildman–Crippen MR) is 77.9 cm³/mol. The van der Waals surface area contributed by atoms with Gasteiger partial charge in [0, 0.05) is 37.9 Å². The Balaban J connectivity index is 1.92. The van der Waals surface area contributed by atoms with Gasteiger partial charge >= 0.3 is 0 Å². The molecule has 2 unspecified atom stereocenters. The van der Waals surface area contributed by atoms with Crippen molar-refractivity contribution in [2.24, 2.45) is 0 Å². The van der Waals surface area contributed by atoms with E-state index in [0.29, 0.717) is 0 Å². The summed E-state index contributed by atoms with van der Waals surface area (Å²) in [6.07, 6.45) is -0.271. The normalized spacial score (nSPS) is 20.1. The number of methoxy groups -OCH3 is 1. The van der Waals surface area contributed by atoms with Gasteiger partial charge in [0.2, 0.25) is 0 Å². The second kappa shape index (κ2) is 6.26. The molecule has 19 heavy (non-hydrogen) atoms. The number of nitrogens with zero attached hydrogens (tertiary/aromatic N) is 2. The number of anilines is 1. The van der Waals surface area contributed by atoms with Crippen LogP contribution in [0.5, 0.6) is 5.75 Å². The maximum atomic E-state index is 9.64. The molecule has 106 valence electrons. The summed E-state index contributed by atoms with van der Waals surface area (Å²) < 4.78 is 5.18. The van der Waals surface area contributed by atoms with Crippen LogP contribution in [0.25, 0.3) is 0 Å². The molecule has 0 aliphatic carbocycles. The van der Waals surface area contributed by atoms with Crippen LogP contribution in [-0.4, -0.2) is 55.4 Å². The van der Waals surface area contributed by atoms with Crippen LogP contribution in [0.1, 0.15) is 13.8 Å². The van der Waals surface area contributed by atoms with Gasteiger partial charge in [-0.3, -0.25) is 4.90 Å². The second-order valence-corrected chi connectivity index (χ2v) is 5.20. The monoisotopic (exact) mass is 264 g/mol. The van der Waals surface area contributed by atoms with Crippen molar-refractivity contribution in [3.63, 3.8) is 0 Å². The molecule has 0 spiro atoms. The third kappa shape index (κ3) is 3.39. The van der Waals surface area contributed by atoms with Crippen molar-refractivity contribution in [1.29, 1.82) is 0 Å². The third-order valence-electron chi connectivity index (χ3n) is 4.03. The van der Waals surface area contributed by atoms with Gasteiger partial charge in [0.05, 0.1) is 13.2 Å². The van der Waals surface area contributed by atoms with Crippen LogP contribution >= 0.6 is 0 Å². The standard InChI is InChI=1S/C15H24N2O2/c1-12(13(2)18)16-8-10-17(11-9-16)14-4-6-15(19-3)7-5-14/h4-7,12-13,18H,8-11H2,1-3H3. The summed E-state index contributed by atoms with van der Waals surface area (Å²) >= 11 is 0. The van der Waals surface area contributed by atoms with E-state index in [9.17, 15) is 5.11 Å². The molecule has 4 nitrogen and oxygen atoms in total. The highest BCUT2D eigenvalue weighted by Crippen LogP contribution is 2.21. The average molecular weight is 264 g/mol. The van der Waals surface area contributed by atoms with Gasteiger partial charge in [0.25, 0.3) is 0 Å². The molecule has 0 amide bonds. The Kier molecular flexibility index (Phi) is 4.66. The van der Waals surface area contributed by atoms with Crippen molar-refractivity contribution >= 4 is 5.69 Å². The van der Waals surface area contributed by atoms with E-state index in [2.05, 4.69) is 28.9 Å². The summed E-state index contributed by atoms with van der Waals surface area (Å²) in [6.45, 7) is 7.96. The largest absolute Gasteiger partial charge is 0.497 e. The minimum atomic E-state index is -0.271. The summed E-state index contributed by atoms with van der Waals surface area (Å²) in [6, 6.07) is 8.44.